The van der Waals surface area contributed by atoms with Gasteiger partial charge in [0.25, 0.3) is 0 Å². The standard InChI is InChI=1S/C75H116O6/c1-4-7-10-13-16-19-22-25-28-30-32-34-36-37-39-40-42-44-47-50-53-56-59-62-65-68-74(77)80-71-72(70-79-73(76)67-64-61-58-55-52-49-46-27-24-21-18-15-12-9-6-3)81-75(78)69-66-63-60-57-54-51-48-45-43-41-38-35-33-31-29-26-23-20-17-14-11-8-5-2/h7-12,16-21,25-29,32-35,37,39,42,44,46,52,55,61,64,72H,4-6,13-15,22-24,30-31,36,38,40-41,43,45,47-51,53-54,56-60,62-63,65-71H2,1-3H3/b10-7-,11-8-,12-9-,19-16-,20-17-,21-18-,28-25-,29-26-,34-32-,35-33-,39-37-,44-42-,46-27-,55-52-,64-61-. The minimum absolute atomic E-state index is 0.114. The number of carbonyl (C=O) groups is 3. The molecule has 0 aliphatic rings. The fraction of sp³-hybridized carbons (Fsp3) is 0.560. The number of unbranched alkanes of at least 4 members (excludes halogenated alkanes) is 16. The molecule has 1 unspecified atom stereocenters. The molecule has 0 amide bonds. The molecular formula is C75H116O6. The molecule has 452 valence electrons. The quantitative estimate of drug-likeness (QED) is 0.0261. The van der Waals surface area contributed by atoms with Crippen molar-refractivity contribution in [1.29, 1.82) is 0 Å². The molecule has 0 saturated carbocycles. The summed E-state index contributed by atoms with van der Waals surface area (Å²) < 4.78 is 16.8. The van der Waals surface area contributed by atoms with Crippen molar-refractivity contribution in [2.45, 2.75) is 258 Å². The van der Waals surface area contributed by atoms with Gasteiger partial charge < -0.3 is 14.2 Å². The van der Waals surface area contributed by atoms with Crippen LogP contribution in [0.15, 0.2) is 182 Å². The molecule has 0 N–H and O–H groups in total. The summed E-state index contributed by atoms with van der Waals surface area (Å²) in [6.07, 6.45) is 101. The highest BCUT2D eigenvalue weighted by Gasteiger charge is 2.19. The van der Waals surface area contributed by atoms with E-state index in [4.69, 9.17) is 14.2 Å². The molecular weight excluding hydrogens is 997 g/mol. The Morgan fingerprint density at radius 3 is 0.802 bits per heavy atom. The Morgan fingerprint density at radius 1 is 0.259 bits per heavy atom. The second kappa shape index (κ2) is 67.0. The number of ether oxygens (including phenoxy) is 3. The Labute approximate surface area is 497 Å². The van der Waals surface area contributed by atoms with Crippen LogP contribution < -0.4 is 0 Å². The van der Waals surface area contributed by atoms with Crippen LogP contribution in [-0.2, 0) is 28.6 Å². The van der Waals surface area contributed by atoms with Crippen LogP contribution in [0.4, 0.5) is 0 Å². The van der Waals surface area contributed by atoms with Gasteiger partial charge in [0.05, 0.1) is 6.42 Å². The predicted molar refractivity (Wildman–Crippen MR) is 352 cm³/mol. The molecule has 0 fully saturated rings. The first-order valence-corrected chi connectivity index (χ1v) is 32.3. The van der Waals surface area contributed by atoms with Crippen LogP contribution in [0.5, 0.6) is 0 Å². The number of carbonyl (C=O) groups excluding carboxylic acids is 3. The third kappa shape index (κ3) is 65.2. The Morgan fingerprint density at radius 2 is 0.494 bits per heavy atom. The lowest BCUT2D eigenvalue weighted by atomic mass is 10.0. The molecule has 1 atom stereocenters. The van der Waals surface area contributed by atoms with E-state index in [0.717, 1.165) is 154 Å². The lowest BCUT2D eigenvalue weighted by molar-refractivity contribution is -0.166. The summed E-state index contributed by atoms with van der Waals surface area (Å²) in [6, 6.07) is 0. The smallest absolute Gasteiger partial charge is 0.309 e. The molecule has 0 bridgehead atoms. The van der Waals surface area contributed by atoms with Crippen LogP contribution in [0.2, 0.25) is 0 Å². The van der Waals surface area contributed by atoms with Crippen molar-refractivity contribution in [2.24, 2.45) is 0 Å². The zero-order chi connectivity index (χ0) is 58.5. The van der Waals surface area contributed by atoms with Crippen molar-refractivity contribution in [2.75, 3.05) is 13.2 Å². The van der Waals surface area contributed by atoms with Crippen molar-refractivity contribution in [1.82, 2.24) is 0 Å². The average Bonchev–Trinajstić information content (AvgIpc) is 3.47. The monoisotopic (exact) mass is 1110 g/mol. The minimum atomic E-state index is -0.839. The van der Waals surface area contributed by atoms with E-state index in [2.05, 4.69) is 191 Å². The summed E-state index contributed by atoms with van der Waals surface area (Å²) in [7, 11) is 0. The first-order valence-electron chi connectivity index (χ1n) is 32.3. The molecule has 0 aromatic heterocycles. The largest absolute Gasteiger partial charge is 0.462 e. The Kier molecular flexibility index (Phi) is 62.5. The van der Waals surface area contributed by atoms with Gasteiger partial charge in [-0.05, 0) is 135 Å². The van der Waals surface area contributed by atoms with Gasteiger partial charge in [-0.3, -0.25) is 14.4 Å². The van der Waals surface area contributed by atoms with Crippen LogP contribution >= 0.6 is 0 Å². The molecule has 0 aliphatic heterocycles. The zero-order valence-electron chi connectivity index (χ0n) is 51.7. The number of esters is 3. The van der Waals surface area contributed by atoms with E-state index in [9.17, 15) is 14.4 Å². The average molecular weight is 1110 g/mol. The van der Waals surface area contributed by atoms with E-state index in [-0.39, 0.29) is 31.6 Å². The highest BCUT2D eigenvalue weighted by atomic mass is 16.6. The van der Waals surface area contributed by atoms with E-state index in [1.165, 1.54) is 57.8 Å². The number of allylic oxidation sites excluding steroid dienone is 29. The van der Waals surface area contributed by atoms with E-state index in [1.54, 1.807) is 6.08 Å². The summed E-state index contributed by atoms with van der Waals surface area (Å²) in [5, 5.41) is 0. The van der Waals surface area contributed by atoms with Crippen molar-refractivity contribution in [3.05, 3.63) is 182 Å². The van der Waals surface area contributed by atoms with E-state index < -0.39 is 12.1 Å². The van der Waals surface area contributed by atoms with Crippen LogP contribution in [0, 0.1) is 0 Å². The van der Waals surface area contributed by atoms with Crippen LogP contribution in [-0.4, -0.2) is 37.2 Å². The number of hydrogen-bond acceptors (Lipinski definition) is 6. The lowest BCUT2D eigenvalue weighted by Gasteiger charge is -2.18. The Bertz CT molecular complexity index is 1900. The van der Waals surface area contributed by atoms with Crippen molar-refractivity contribution < 1.29 is 28.6 Å². The summed E-state index contributed by atoms with van der Waals surface area (Å²) in [5.74, 6) is -1.08. The highest BCUT2D eigenvalue weighted by Crippen LogP contribution is 2.14. The molecule has 6 heteroatoms. The van der Waals surface area contributed by atoms with E-state index >= 15 is 0 Å². The first-order chi connectivity index (χ1) is 40.0. The molecule has 0 rings (SSSR count). The molecule has 0 aliphatic carbocycles. The normalized spacial score (nSPS) is 13.4. The SMILES string of the molecule is CC/C=C\C/C=C\C/C=C\C/C=C\C/C=C\C/C=C\CCCCCCCCC(=O)OCC(COC(=O)C/C=C\C/C=C\C/C=C\C/C=C\C/C=C\CC)OC(=O)CCCCCCCCCCCC/C=C\C/C=C\C/C=C\C/C=C\CC. The molecule has 0 heterocycles. The number of hydrogen-bond donors (Lipinski definition) is 0. The van der Waals surface area contributed by atoms with Gasteiger partial charge in [0.1, 0.15) is 13.2 Å². The molecule has 0 saturated heterocycles. The molecule has 0 spiro atoms. The second-order valence-electron chi connectivity index (χ2n) is 20.5. The topological polar surface area (TPSA) is 78.9 Å². The van der Waals surface area contributed by atoms with Crippen molar-refractivity contribution >= 4 is 17.9 Å². The fourth-order valence-corrected chi connectivity index (χ4v) is 8.22. The van der Waals surface area contributed by atoms with Crippen LogP contribution in [0.25, 0.3) is 0 Å². The maximum atomic E-state index is 12.9. The van der Waals surface area contributed by atoms with Crippen LogP contribution in [0.3, 0.4) is 0 Å². The van der Waals surface area contributed by atoms with E-state index in [0.29, 0.717) is 12.8 Å². The molecule has 0 aromatic rings. The molecule has 81 heavy (non-hydrogen) atoms. The van der Waals surface area contributed by atoms with Crippen LogP contribution in [0.1, 0.15) is 252 Å². The second-order valence-corrected chi connectivity index (χ2v) is 20.5. The van der Waals surface area contributed by atoms with Gasteiger partial charge in [0.15, 0.2) is 6.10 Å². The highest BCUT2D eigenvalue weighted by molar-refractivity contribution is 5.72. The van der Waals surface area contributed by atoms with Gasteiger partial charge in [-0.15, -0.1) is 0 Å². The third-order valence-corrected chi connectivity index (χ3v) is 12.9. The van der Waals surface area contributed by atoms with Gasteiger partial charge in [-0.1, -0.05) is 280 Å². The third-order valence-electron chi connectivity index (χ3n) is 12.9. The Hall–Kier alpha value is -5.49. The van der Waals surface area contributed by atoms with Gasteiger partial charge >= 0.3 is 17.9 Å². The maximum Gasteiger partial charge on any atom is 0.309 e. The van der Waals surface area contributed by atoms with Crippen molar-refractivity contribution in [3.63, 3.8) is 0 Å². The van der Waals surface area contributed by atoms with Gasteiger partial charge in [-0.2, -0.15) is 0 Å². The minimum Gasteiger partial charge on any atom is -0.462 e. The summed E-state index contributed by atoms with van der Waals surface area (Å²) in [4.78, 5) is 38.3. The first kappa shape index (κ1) is 75.5. The maximum absolute atomic E-state index is 12.9. The Balaban J connectivity index is 4.50. The molecule has 0 aromatic carbocycles. The van der Waals surface area contributed by atoms with Gasteiger partial charge in [0.2, 0.25) is 0 Å². The molecule has 0 radical (unpaired) electrons. The summed E-state index contributed by atoms with van der Waals surface area (Å²) in [5.41, 5.74) is 0. The van der Waals surface area contributed by atoms with Gasteiger partial charge in [-0.25, -0.2) is 0 Å². The van der Waals surface area contributed by atoms with Crippen molar-refractivity contribution in [3.8, 4) is 0 Å². The molecule has 6 nitrogen and oxygen atoms in total. The zero-order valence-corrected chi connectivity index (χ0v) is 51.7. The number of rotatable bonds is 56. The summed E-state index contributed by atoms with van der Waals surface area (Å²) >= 11 is 0. The lowest BCUT2D eigenvalue weighted by Crippen LogP contribution is -2.30. The van der Waals surface area contributed by atoms with Gasteiger partial charge in [0, 0.05) is 12.8 Å². The predicted octanol–water partition coefficient (Wildman–Crippen LogP) is 22.4. The van der Waals surface area contributed by atoms with E-state index in [1.807, 2.05) is 6.08 Å². The fourth-order valence-electron chi connectivity index (χ4n) is 8.22. The summed E-state index contributed by atoms with van der Waals surface area (Å²) in [6.45, 7) is 6.19.